The summed E-state index contributed by atoms with van der Waals surface area (Å²) in [5.41, 5.74) is 0. The highest BCUT2D eigenvalue weighted by Crippen LogP contribution is 2.17. The third-order valence-electron chi connectivity index (χ3n) is 3.15. The molecule has 0 aromatic carbocycles. The van der Waals surface area contributed by atoms with Gasteiger partial charge in [0.2, 0.25) is 0 Å². The average molecular weight is 140 g/mol. The molecule has 1 radical (unpaired) electrons. The van der Waals surface area contributed by atoms with E-state index in [-0.39, 0.29) is 0 Å². The van der Waals surface area contributed by atoms with Crippen molar-refractivity contribution in [2.45, 2.75) is 0 Å². The van der Waals surface area contributed by atoms with Gasteiger partial charge in [0.05, 0.1) is 26.2 Å². The van der Waals surface area contributed by atoms with Crippen molar-refractivity contribution in [1.82, 2.24) is 4.90 Å². The number of hydrogen-bond acceptors (Lipinski definition) is 1. The van der Waals surface area contributed by atoms with Gasteiger partial charge in [0, 0.05) is 26.6 Å². The van der Waals surface area contributed by atoms with Crippen LogP contribution >= 0.6 is 0 Å². The molecule has 3 aliphatic rings. The number of rotatable bonds is 1. The Balaban J connectivity index is 2.08. The number of quaternary nitrogens is 1. The molecule has 0 aliphatic carbocycles. The second-order valence-electron chi connectivity index (χ2n) is 3.58. The van der Waals surface area contributed by atoms with Crippen LogP contribution in [0.3, 0.4) is 0 Å². The van der Waals surface area contributed by atoms with Gasteiger partial charge in [-0.25, -0.2) is 0 Å². The van der Waals surface area contributed by atoms with E-state index in [1.807, 2.05) is 0 Å². The van der Waals surface area contributed by atoms with E-state index in [1.54, 1.807) is 0 Å². The molecule has 3 rings (SSSR count). The molecular weight excluding hydrogens is 124 g/mol. The van der Waals surface area contributed by atoms with Crippen molar-refractivity contribution in [3.63, 3.8) is 0 Å². The molecule has 0 saturated carbocycles. The zero-order valence-corrected chi connectivity index (χ0v) is 6.55. The maximum absolute atomic E-state index is 4.03. The molecule has 0 atom stereocenters. The zero-order chi connectivity index (χ0) is 7.03. The van der Waals surface area contributed by atoms with Crippen LogP contribution in [0.15, 0.2) is 0 Å². The SMILES string of the molecule is [CH2]C[N+]12CCN(CC1)CC2. The summed E-state index contributed by atoms with van der Waals surface area (Å²) in [7, 11) is 0. The molecular formula is C8H16N2+. The predicted molar refractivity (Wildman–Crippen MR) is 41.5 cm³/mol. The summed E-state index contributed by atoms with van der Waals surface area (Å²) < 4.78 is 1.30. The minimum atomic E-state index is 1.10. The minimum Gasteiger partial charge on any atom is -0.320 e. The quantitative estimate of drug-likeness (QED) is 0.462. The third-order valence-corrected chi connectivity index (χ3v) is 3.15. The van der Waals surface area contributed by atoms with E-state index >= 15 is 0 Å². The van der Waals surface area contributed by atoms with Gasteiger partial charge in [-0.05, 0) is 0 Å². The summed E-state index contributed by atoms with van der Waals surface area (Å²) in [5, 5.41) is 0. The van der Waals surface area contributed by atoms with Crippen LogP contribution in [-0.4, -0.2) is 55.2 Å². The second kappa shape index (κ2) is 2.21. The third kappa shape index (κ3) is 0.867. The van der Waals surface area contributed by atoms with Gasteiger partial charge in [-0.1, -0.05) is 0 Å². The molecule has 2 heteroatoms. The van der Waals surface area contributed by atoms with Crippen molar-refractivity contribution in [1.29, 1.82) is 0 Å². The molecule has 0 aromatic rings. The summed E-state index contributed by atoms with van der Waals surface area (Å²) in [6, 6.07) is 0. The largest absolute Gasteiger partial charge is 0.320 e. The molecule has 2 nitrogen and oxygen atoms in total. The molecule has 3 saturated heterocycles. The van der Waals surface area contributed by atoms with Crippen molar-refractivity contribution in [3.05, 3.63) is 6.92 Å². The van der Waals surface area contributed by atoms with Crippen LogP contribution in [0.1, 0.15) is 0 Å². The maximum Gasteiger partial charge on any atom is 0.0916 e. The van der Waals surface area contributed by atoms with Gasteiger partial charge < -0.3 is 4.48 Å². The summed E-state index contributed by atoms with van der Waals surface area (Å²) in [6.45, 7) is 13.1. The zero-order valence-electron chi connectivity index (χ0n) is 6.55. The first-order valence-electron chi connectivity index (χ1n) is 4.21. The fourth-order valence-corrected chi connectivity index (χ4v) is 2.07. The summed E-state index contributed by atoms with van der Waals surface area (Å²) >= 11 is 0. The highest BCUT2D eigenvalue weighted by atomic mass is 15.4. The lowest BCUT2D eigenvalue weighted by molar-refractivity contribution is -0.936. The second-order valence-corrected chi connectivity index (χ2v) is 3.58. The number of piperazine rings is 3. The molecule has 2 bridgehead atoms. The van der Waals surface area contributed by atoms with Crippen molar-refractivity contribution in [2.75, 3.05) is 45.8 Å². The normalized spacial score (nSPS) is 45.9. The lowest BCUT2D eigenvalue weighted by Crippen LogP contribution is -2.67. The van der Waals surface area contributed by atoms with Crippen LogP contribution in [0.5, 0.6) is 0 Å². The van der Waals surface area contributed by atoms with Crippen molar-refractivity contribution in [2.24, 2.45) is 0 Å². The average Bonchev–Trinajstić information content (AvgIpc) is 2.08. The van der Waals surface area contributed by atoms with Gasteiger partial charge in [-0.2, -0.15) is 0 Å². The van der Waals surface area contributed by atoms with E-state index in [2.05, 4.69) is 11.8 Å². The summed E-state index contributed by atoms with van der Waals surface area (Å²) in [4.78, 5) is 2.57. The first-order chi connectivity index (χ1) is 4.85. The summed E-state index contributed by atoms with van der Waals surface area (Å²) in [6.07, 6.45) is 0. The van der Waals surface area contributed by atoms with Gasteiger partial charge >= 0.3 is 0 Å². The van der Waals surface area contributed by atoms with Gasteiger partial charge in [0.25, 0.3) is 0 Å². The highest BCUT2D eigenvalue weighted by Gasteiger charge is 2.36. The molecule has 57 valence electrons. The maximum atomic E-state index is 4.03. The molecule has 3 aliphatic heterocycles. The van der Waals surface area contributed by atoms with E-state index in [9.17, 15) is 0 Å². The van der Waals surface area contributed by atoms with Crippen LogP contribution in [0.4, 0.5) is 0 Å². The topological polar surface area (TPSA) is 3.24 Å². The van der Waals surface area contributed by atoms with E-state index < -0.39 is 0 Å². The highest BCUT2D eigenvalue weighted by molar-refractivity contribution is 4.70. The van der Waals surface area contributed by atoms with Gasteiger partial charge in [-0.15, -0.1) is 0 Å². The van der Waals surface area contributed by atoms with Crippen LogP contribution < -0.4 is 0 Å². The van der Waals surface area contributed by atoms with Gasteiger partial charge in [0.1, 0.15) is 0 Å². The Bertz CT molecular complexity index is 111. The van der Waals surface area contributed by atoms with Gasteiger partial charge in [0.15, 0.2) is 0 Å². The van der Waals surface area contributed by atoms with Gasteiger partial charge in [-0.3, -0.25) is 4.90 Å². The fourth-order valence-electron chi connectivity index (χ4n) is 2.07. The minimum absolute atomic E-state index is 1.10. The smallest absolute Gasteiger partial charge is 0.0916 e. The standard InChI is InChI=1S/C8H16N2/c1-2-10-6-3-9(4-7-10)5-8-10/h1-8H2/q+1. The Labute approximate surface area is 63.0 Å². The van der Waals surface area contributed by atoms with E-state index in [1.165, 1.54) is 43.8 Å². The number of hydrogen-bond donors (Lipinski definition) is 0. The van der Waals surface area contributed by atoms with Crippen LogP contribution in [0, 0.1) is 6.92 Å². The molecule has 3 fully saturated rings. The van der Waals surface area contributed by atoms with Crippen LogP contribution in [0.25, 0.3) is 0 Å². The lowest BCUT2D eigenvalue weighted by atomic mass is 10.1. The van der Waals surface area contributed by atoms with Crippen LogP contribution in [0.2, 0.25) is 0 Å². The molecule has 3 heterocycles. The Morgan fingerprint density at radius 2 is 1.60 bits per heavy atom. The Morgan fingerprint density at radius 1 is 1.10 bits per heavy atom. The molecule has 0 aromatic heterocycles. The monoisotopic (exact) mass is 140 g/mol. The molecule has 0 N–H and O–H groups in total. The first kappa shape index (κ1) is 6.62. The number of nitrogens with zero attached hydrogens (tertiary/aromatic N) is 2. The Hall–Kier alpha value is -0.0800. The molecule has 10 heavy (non-hydrogen) atoms. The fraction of sp³-hybridized carbons (Fsp3) is 0.875. The van der Waals surface area contributed by atoms with E-state index in [0.717, 1.165) is 6.54 Å². The molecule has 0 spiro atoms. The van der Waals surface area contributed by atoms with E-state index in [0.29, 0.717) is 0 Å². The molecule has 0 unspecified atom stereocenters. The number of fused-ring (bicyclic) bond motifs is 3. The van der Waals surface area contributed by atoms with Crippen molar-refractivity contribution < 1.29 is 4.48 Å². The lowest BCUT2D eigenvalue weighted by Gasteiger charge is -2.50. The molecule has 0 amide bonds. The van der Waals surface area contributed by atoms with Crippen LogP contribution in [-0.2, 0) is 0 Å². The predicted octanol–water partition coefficient (Wildman–Crippen LogP) is -0.0335. The van der Waals surface area contributed by atoms with E-state index in [4.69, 9.17) is 0 Å². The Kier molecular flexibility index (Phi) is 1.46. The van der Waals surface area contributed by atoms with Crippen molar-refractivity contribution >= 4 is 0 Å². The first-order valence-corrected chi connectivity index (χ1v) is 4.21. The summed E-state index contributed by atoms with van der Waals surface area (Å²) in [5.74, 6) is 0. The van der Waals surface area contributed by atoms with Crippen molar-refractivity contribution in [3.8, 4) is 0 Å². The Morgan fingerprint density at radius 3 is 1.90 bits per heavy atom.